The molecular formula is C11H21NO2. The number of hydrogen-bond acceptors (Lipinski definition) is 3. The minimum absolute atomic E-state index is 0.230. The summed E-state index contributed by atoms with van der Waals surface area (Å²) in [7, 11) is 0. The van der Waals surface area contributed by atoms with E-state index in [1.807, 2.05) is 0 Å². The largest absolute Gasteiger partial charge is 0.393 e. The van der Waals surface area contributed by atoms with Crippen LogP contribution in [0, 0.1) is 5.92 Å². The molecule has 1 rings (SSSR count). The molecule has 1 fully saturated rings. The van der Waals surface area contributed by atoms with Gasteiger partial charge in [0.1, 0.15) is 6.10 Å². The molecule has 82 valence electrons. The quantitative estimate of drug-likeness (QED) is 0.709. The third kappa shape index (κ3) is 2.72. The van der Waals surface area contributed by atoms with Crippen LogP contribution < -0.4 is 0 Å². The molecule has 0 radical (unpaired) electrons. The van der Waals surface area contributed by atoms with Crippen LogP contribution in [-0.4, -0.2) is 40.9 Å². The summed E-state index contributed by atoms with van der Waals surface area (Å²) in [6.45, 7) is 7.74. The molecule has 1 saturated heterocycles. The van der Waals surface area contributed by atoms with E-state index >= 15 is 0 Å². The third-order valence-electron chi connectivity index (χ3n) is 3.16. The van der Waals surface area contributed by atoms with Gasteiger partial charge in [-0.15, -0.1) is 0 Å². The SMILES string of the molecule is C=C(C(O)CO)N1CCC(CC)CC1. The summed E-state index contributed by atoms with van der Waals surface area (Å²) in [5, 5.41) is 18.2. The molecule has 1 unspecified atom stereocenters. The highest BCUT2D eigenvalue weighted by molar-refractivity contribution is 5.02. The van der Waals surface area contributed by atoms with Crippen molar-refractivity contribution in [3.05, 3.63) is 12.3 Å². The lowest BCUT2D eigenvalue weighted by molar-refractivity contribution is 0.0855. The second-order valence-electron chi connectivity index (χ2n) is 4.03. The molecule has 1 heterocycles. The number of aliphatic hydroxyl groups is 2. The minimum atomic E-state index is -0.784. The summed E-state index contributed by atoms with van der Waals surface area (Å²) in [4.78, 5) is 2.09. The Bertz CT molecular complexity index is 186. The minimum Gasteiger partial charge on any atom is -0.393 e. The first-order chi connectivity index (χ1) is 6.69. The summed E-state index contributed by atoms with van der Waals surface area (Å²) in [6.07, 6.45) is 2.80. The van der Waals surface area contributed by atoms with Gasteiger partial charge in [-0.1, -0.05) is 19.9 Å². The Morgan fingerprint density at radius 2 is 2.07 bits per heavy atom. The van der Waals surface area contributed by atoms with Crippen molar-refractivity contribution in [1.82, 2.24) is 4.90 Å². The zero-order chi connectivity index (χ0) is 10.6. The Balaban J connectivity index is 2.37. The van der Waals surface area contributed by atoms with Gasteiger partial charge < -0.3 is 15.1 Å². The number of likely N-dealkylation sites (tertiary alicyclic amines) is 1. The number of hydrogen-bond donors (Lipinski definition) is 2. The van der Waals surface area contributed by atoms with Crippen molar-refractivity contribution in [2.45, 2.75) is 32.3 Å². The van der Waals surface area contributed by atoms with Crippen molar-refractivity contribution < 1.29 is 10.2 Å². The van der Waals surface area contributed by atoms with Crippen LogP contribution in [0.15, 0.2) is 12.3 Å². The fourth-order valence-corrected chi connectivity index (χ4v) is 1.94. The third-order valence-corrected chi connectivity index (χ3v) is 3.16. The van der Waals surface area contributed by atoms with Crippen LogP contribution in [0.2, 0.25) is 0 Å². The first kappa shape index (κ1) is 11.5. The Morgan fingerprint density at radius 1 is 1.50 bits per heavy atom. The van der Waals surface area contributed by atoms with Crippen LogP contribution in [0.1, 0.15) is 26.2 Å². The van der Waals surface area contributed by atoms with Crippen LogP contribution in [0.4, 0.5) is 0 Å². The summed E-state index contributed by atoms with van der Waals surface area (Å²) in [5.41, 5.74) is 0.669. The van der Waals surface area contributed by atoms with E-state index in [0.717, 1.165) is 19.0 Å². The van der Waals surface area contributed by atoms with E-state index in [4.69, 9.17) is 5.11 Å². The molecule has 0 aromatic rings. The standard InChI is InChI=1S/C11H21NO2/c1-3-10-4-6-12(7-5-10)9(2)11(14)8-13/h10-11,13-14H,2-8H2,1H3. The summed E-state index contributed by atoms with van der Waals surface area (Å²) < 4.78 is 0. The Labute approximate surface area is 86.0 Å². The molecule has 0 bridgehead atoms. The molecular weight excluding hydrogens is 178 g/mol. The van der Waals surface area contributed by atoms with Gasteiger partial charge in [-0.25, -0.2) is 0 Å². The van der Waals surface area contributed by atoms with Gasteiger partial charge >= 0.3 is 0 Å². The second kappa shape index (κ2) is 5.37. The van der Waals surface area contributed by atoms with Crippen molar-refractivity contribution >= 4 is 0 Å². The van der Waals surface area contributed by atoms with Gasteiger partial charge in [0.05, 0.1) is 6.61 Å². The van der Waals surface area contributed by atoms with E-state index in [1.54, 1.807) is 0 Å². The van der Waals surface area contributed by atoms with Gasteiger partial charge in [-0.3, -0.25) is 0 Å². The summed E-state index contributed by atoms with van der Waals surface area (Å²) >= 11 is 0. The molecule has 0 aromatic heterocycles. The molecule has 3 nitrogen and oxygen atoms in total. The number of nitrogens with zero attached hydrogens (tertiary/aromatic N) is 1. The fraction of sp³-hybridized carbons (Fsp3) is 0.818. The van der Waals surface area contributed by atoms with Crippen LogP contribution >= 0.6 is 0 Å². The van der Waals surface area contributed by atoms with Crippen molar-refractivity contribution in [1.29, 1.82) is 0 Å². The maximum absolute atomic E-state index is 9.41. The molecule has 0 spiro atoms. The monoisotopic (exact) mass is 199 g/mol. The molecule has 1 aliphatic heterocycles. The summed E-state index contributed by atoms with van der Waals surface area (Å²) in [6, 6.07) is 0. The Kier molecular flexibility index (Phi) is 4.42. The predicted octanol–water partition coefficient (Wildman–Crippen LogP) is 0.975. The normalized spacial score (nSPS) is 20.9. The smallest absolute Gasteiger partial charge is 0.116 e. The molecule has 2 N–H and O–H groups in total. The average molecular weight is 199 g/mol. The average Bonchev–Trinajstić information content (AvgIpc) is 2.27. The van der Waals surface area contributed by atoms with Gasteiger partial charge in [-0.05, 0) is 18.8 Å². The molecule has 14 heavy (non-hydrogen) atoms. The van der Waals surface area contributed by atoms with Crippen molar-refractivity contribution in [2.75, 3.05) is 19.7 Å². The predicted molar refractivity (Wildman–Crippen MR) is 56.8 cm³/mol. The topological polar surface area (TPSA) is 43.7 Å². The van der Waals surface area contributed by atoms with E-state index in [0.29, 0.717) is 5.70 Å². The number of piperidine rings is 1. The Morgan fingerprint density at radius 3 is 2.50 bits per heavy atom. The van der Waals surface area contributed by atoms with Crippen LogP contribution in [0.25, 0.3) is 0 Å². The summed E-state index contributed by atoms with van der Waals surface area (Å²) in [5.74, 6) is 0.824. The molecule has 1 aliphatic rings. The maximum Gasteiger partial charge on any atom is 0.116 e. The number of aliphatic hydroxyl groups excluding tert-OH is 2. The van der Waals surface area contributed by atoms with Gasteiger partial charge in [0.25, 0.3) is 0 Å². The molecule has 0 saturated carbocycles. The molecule has 1 atom stereocenters. The van der Waals surface area contributed by atoms with Crippen LogP contribution in [-0.2, 0) is 0 Å². The van der Waals surface area contributed by atoms with E-state index in [1.165, 1.54) is 19.3 Å². The molecule has 0 aliphatic carbocycles. The lowest BCUT2D eigenvalue weighted by atomic mass is 9.94. The van der Waals surface area contributed by atoms with E-state index in [-0.39, 0.29) is 6.61 Å². The lowest BCUT2D eigenvalue weighted by Crippen LogP contribution is -2.37. The van der Waals surface area contributed by atoms with E-state index < -0.39 is 6.10 Å². The van der Waals surface area contributed by atoms with E-state index in [9.17, 15) is 5.11 Å². The highest BCUT2D eigenvalue weighted by Crippen LogP contribution is 2.22. The van der Waals surface area contributed by atoms with Gasteiger partial charge in [-0.2, -0.15) is 0 Å². The van der Waals surface area contributed by atoms with Crippen molar-refractivity contribution in [2.24, 2.45) is 5.92 Å². The van der Waals surface area contributed by atoms with Crippen molar-refractivity contribution in [3.8, 4) is 0 Å². The zero-order valence-electron chi connectivity index (χ0n) is 8.95. The first-order valence-corrected chi connectivity index (χ1v) is 5.41. The molecule has 0 amide bonds. The molecule has 3 heteroatoms. The highest BCUT2D eigenvalue weighted by Gasteiger charge is 2.21. The first-order valence-electron chi connectivity index (χ1n) is 5.41. The van der Waals surface area contributed by atoms with Gasteiger partial charge in [0, 0.05) is 18.8 Å². The van der Waals surface area contributed by atoms with Crippen molar-refractivity contribution in [3.63, 3.8) is 0 Å². The van der Waals surface area contributed by atoms with Gasteiger partial charge in [0.2, 0.25) is 0 Å². The Hall–Kier alpha value is -0.540. The number of rotatable bonds is 4. The lowest BCUT2D eigenvalue weighted by Gasteiger charge is -2.35. The van der Waals surface area contributed by atoms with Gasteiger partial charge in [0.15, 0.2) is 0 Å². The maximum atomic E-state index is 9.41. The van der Waals surface area contributed by atoms with Crippen LogP contribution in [0.3, 0.4) is 0 Å². The highest BCUT2D eigenvalue weighted by atomic mass is 16.3. The molecule has 0 aromatic carbocycles. The fourth-order valence-electron chi connectivity index (χ4n) is 1.94. The zero-order valence-corrected chi connectivity index (χ0v) is 8.95. The van der Waals surface area contributed by atoms with E-state index in [2.05, 4.69) is 18.4 Å². The second-order valence-corrected chi connectivity index (χ2v) is 4.03. The van der Waals surface area contributed by atoms with Crippen LogP contribution in [0.5, 0.6) is 0 Å².